The molecule has 0 unspecified atom stereocenters. The fourth-order valence-corrected chi connectivity index (χ4v) is 3.14. The van der Waals surface area contributed by atoms with Gasteiger partial charge < -0.3 is 15.2 Å². The topological polar surface area (TPSA) is 44.5 Å². The Balaban J connectivity index is 2.52. The molecule has 1 aliphatic carbocycles. The fourth-order valence-electron chi connectivity index (χ4n) is 3.14. The molecule has 0 bridgehead atoms. The van der Waals surface area contributed by atoms with Crippen LogP contribution in [0.15, 0.2) is 12.1 Å². The molecule has 0 saturated heterocycles. The number of nitrogens with two attached hydrogens (primary N) is 1. The van der Waals surface area contributed by atoms with Crippen LogP contribution in [0.1, 0.15) is 36.8 Å². The molecule has 1 fully saturated rings. The summed E-state index contributed by atoms with van der Waals surface area (Å²) in [6.45, 7) is 0.924. The molecule has 4 heteroatoms. The van der Waals surface area contributed by atoms with Gasteiger partial charge in [-0.1, -0.05) is 12.8 Å². The Morgan fingerprint density at radius 1 is 1.26 bits per heavy atom. The molecule has 3 nitrogen and oxygen atoms in total. The van der Waals surface area contributed by atoms with Crippen LogP contribution in [0.25, 0.3) is 0 Å². The van der Waals surface area contributed by atoms with Gasteiger partial charge in [-0.25, -0.2) is 4.39 Å². The second-order valence-electron chi connectivity index (χ2n) is 5.28. The molecule has 0 heterocycles. The summed E-state index contributed by atoms with van der Waals surface area (Å²) in [7, 11) is 3.12. The van der Waals surface area contributed by atoms with Gasteiger partial charge in [0.05, 0.1) is 13.7 Å². The number of ether oxygens (including phenoxy) is 2. The van der Waals surface area contributed by atoms with Crippen molar-refractivity contribution in [3.63, 3.8) is 0 Å². The summed E-state index contributed by atoms with van der Waals surface area (Å²) in [5.41, 5.74) is 7.58. The number of halogens is 1. The lowest BCUT2D eigenvalue weighted by atomic mass is 9.78. The molecule has 1 aromatic rings. The van der Waals surface area contributed by atoms with Crippen molar-refractivity contribution in [3.05, 3.63) is 29.1 Å². The Hall–Kier alpha value is -1.13. The lowest BCUT2D eigenvalue weighted by Gasteiger charge is -2.30. The van der Waals surface area contributed by atoms with Gasteiger partial charge in [0.25, 0.3) is 0 Å². The van der Waals surface area contributed by atoms with E-state index in [0.29, 0.717) is 18.9 Å². The second-order valence-corrected chi connectivity index (χ2v) is 5.28. The summed E-state index contributed by atoms with van der Waals surface area (Å²) in [6.07, 6.45) is 4.26. The van der Waals surface area contributed by atoms with Crippen LogP contribution in [0.3, 0.4) is 0 Å². The van der Waals surface area contributed by atoms with Crippen molar-refractivity contribution in [3.8, 4) is 5.75 Å². The Morgan fingerprint density at radius 3 is 2.47 bits per heavy atom. The van der Waals surface area contributed by atoms with Crippen molar-refractivity contribution in [1.82, 2.24) is 0 Å². The molecule has 0 spiro atoms. The van der Waals surface area contributed by atoms with Crippen LogP contribution >= 0.6 is 0 Å². The summed E-state index contributed by atoms with van der Waals surface area (Å²) in [5.74, 6) is 0.0129. The predicted octanol–water partition coefficient (Wildman–Crippen LogP) is 2.75. The van der Waals surface area contributed by atoms with E-state index in [2.05, 4.69) is 0 Å². The second kappa shape index (κ2) is 5.88. The van der Waals surface area contributed by atoms with Crippen LogP contribution in [0, 0.1) is 5.82 Å². The van der Waals surface area contributed by atoms with Gasteiger partial charge in [0.1, 0.15) is 0 Å². The third kappa shape index (κ3) is 2.60. The van der Waals surface area contributed by atoms with Crippen LogP contribution in [0.4, 0.5) is 4.39 Å². The monoisotopic (exact) mass is 267 g/mol. The summed E-state index contributed by atoms with van der Waals surface area (Å²) < 4.78 is 24.6. The van der Waals surface area contributed by atoms with E-state index < -0.39 is 0 Å². The van der Waals surface area contributed by atoms with Gasteiger partial charge in [-0.3, -0.25) is 0 Å². The summed E-state index contributed by atoms with van der Waals surface area (Å²) in [6, 6.07) is 3.47. The first-order valence-electron chi connectivity index (χ1n) is 6.73. The summed E-state index contributed by atoms with van der Waals surface area (Å²) in [4.78, 5) is 0. The maximum atomic E-state index is 14.2. The molecule has 19 heavy (non-hydrogen) atoms. The van der Waals surface area contributed by atoms with E-state index in [-0.39, 0.29) is 11.2 Å². The Morgan fingerprint density at radius 2 is 1.95 bits per heavy atom. The SMILES string of the molecule is COCc1cc(F)c(OC)c(C2(CN)CCCC2)c1. The van der Waals surface area contributed by atoms with E-state index in [1.165, 1.54) is 13.2 Å². The minimum Gasteiger partial charge on any atom is -0.493 e. The molecule has 2 rings (SSSR count). The molecule has 0 radical (unpaired) electrons. The summed E-state index contributed by atoms with van der Waals surface area (Å²) >= 11 is 0. The molecule has 0 atom stereocenters. The van der Waals surface area contributed by atoms with E-state index in [9.17, 15) is 4.39 Å². The molecule has 1 aromatic carbocycles. The number of benzene rings is 1. The van der Waals surface area contributed by atoms with Gasteiger partial charge in [-0.15, -0.1) is 0 Å². The van der Waals surface area contributed by atoms with Crippen molar-refractivity contribution < 1.29 is 13.9 Å². The lowest BCUT2D eigenvalue weighted by molar-refractivity contribution is 0.184. The van der Waals surface area contributed by atoms with Crippen LogP contribution in [0.5, 0.6) is 5.75 Å². The third-order valence-corrected chi connectivity index (χ3v) is 4.14. The van der Waals surface area contributed by atoms with Gasteiger partial charge in [0, 0.05) is 24.6 Å². The van der Waals surface area contributed by atoms with Crippen molar-refractivity contribution >= 4 is 0 Å². The smallest absolute Gasteiger partial charge is 0.165 e. The van der Waals surface area contributed by atoms with Gasteiger partial charge in [0.2, 0.25) is 0 Å². The van der Waals surface area contributed by atoms with Crippen LogP contribution < -0.4 is 10.5 Å². The Bertz CT molecular complexity index is 442. The molecule has 1 saturated carbocycles. The lowest BCUT2D eigenvalue weighted by Crippen LogP contribution is -2.32. The predicted molar refractivity (Wildman–Crippen MR) is 72.9 cm³/mol. The molecule has 0 amide bonds. The average molecular weight is 267 g/mol. The maximum Gasteiger partial charge on any atom is 0.165 e. The molecular weight excluding hydrogens is 245 g/mol. The highest BCUT2D eigenvalue weighted by atomic mass is 19.1. The molecule has 0 aliphatic heterocycles. The van der Waals surface area contributed by atoms with Crippen LogP contribution in [-0.4, -0.2) is 20.8 Å². The molecule has 106 valence electrons. The van der Waals surface area contributed by atoms with E-state index in [0.717, 1.165) is 36.8 Å². The van der Waals surface area contributed by atoms with Gasteiger partial charge in [-0.05, 0) is 30.5 Å². The first kappa shape index (κ1) is 14.3. The van der Waals surface area contributed by atoms with Crippen molar-refractivity contribution in [2.75, 3.05) is 20.8 Å². The zero-order chi connectivity index (χ0) is 13.9. The maximum absolute atomic E-state index is 14.2. The highest BCUT2D eigenvalue weighted by Gasteiger charge is 2.37. The normalized spacial score (nSPS) is 17.7. The standard InChI is InChI=1S/C15H22FNO2/c1-18-9-11-7-12(14(19-2)13(16)8-11)15(10-17)5-3-4-6-15/h7-8H,3-6,9-10,17H2,1-2H3. The number of methoxy groups -OCH3 is 2. The van der Waals surface area contributed by atoms with Crippen molar-refractivity contribution in [2.24, 2.45) is 5.73 Å². The fraction of sp³-hybridized carbons (Fsp3) is 0.600. The van der Waals surface area contributed by atoms with E-state index in [1.54, 1.807) is 7.11 Å². The van der Waals surface area contributed by atoms with Crippen molar-refractivity contribution in [2.45, 2.75) is 37.7 Å². The summed E-state index contributed by atoms with van der Waals surface area (Å²) in [5, 5.41) is 0. The Labute approximate surface area is 113 Å². The minimum atomic E-state index is -0.327. The number of hydrogen-bond acceptors (Lipinski definition) is 3. The van der Waals surface area contributed by atoms with Gasteiger partial charge >= 0.3 is 0 Å². The largest absolute Gasteiger partial charge is 0.493 e. The third-order valence-electron chi connectivity index (χ3n) is 4.14. The van der Waals surface area contributed by atoms with Crippen molar-refractivity contribution in [1.29, 1.82) is 0 Å². The van der Waals surface area contributed by atoms with Crippen LogP contribution in [-0.2, 0) is 16.8 Å². The van der Waals surface area contributed by atoms with Crippen LogP contribution in [0.2, 0.25) is 0 Å². The zero-order valence-electron chi connectivity index (χ0n) is 11.7. The van der Waals surface area contributed by atoms with E-state index >= 15 is 0 Å². The zero-order valence-corrected chi connectivity index (χ0v) is 11.7. The Kier molecular flexibility index (Phi) is 4.42. The first-order valence-corrected chi connectivity index (χ1v) is 6.73. The highest BCUT2D eigenvalue weighted by molar-refractivity contribution is 5.44. The molecule has 2 N–H and O–H groups in total. The minimum absolute atomic E-state index is 0.143. The van der Waals surface area contributed by atoms with Gasteiger partial charge in [0.15, 0.2) is 11.6 Å². The first-order chi connectivity index (χ1) is 9.16. The molecule has 1 aliphatic rings. The quantitative estimate of drug-likeness (QED) is 0.892. The highest BCUT2D eigenvalue weighted by Crippen LogP contribution is 2.45. The van der Waals surface area contributed by atoms with E-state index in [1.807, 2.05) is 6.07 Å². The number of hydrogen-bond donors (Lipinski definition) is 1. The number of rotatable bonds is 5. The average Bonchev–Trinajstić information content (AvgIpc) is 2.88. The van der Waals surface area contributed by atoms with Gasteiger partial charge in [-0.2, -0.15) is 0 Å². The molecule has 0 aromatic heterocycles. The van der Waals surface area contributed by atoms with E-state index in [4.69, 9.17) is 15.2 Å². The molecular formula is C15H22FNO2.